The zero-order valence-corrected chi connectivity index (χ0v) is 15.5. The summed E-state index contributed by atoms with van der Waals surface area (Å²) in [5.41, 5.74) is 2.40. The Morgan fingerprint density at radius 3 is 2.50 bits per heavy atom. The standard InChI is InChI=1S/C22H25NO3/c1-22(2,3)17-11-8-16(9-12-17)10-13-21(24)23-14-18-15-25-19-6-4-5-7-20(19)26-18/h4-13,18H,14-15H2,1-3H3,(H,23,24)/b13-10+. The highest BCUT2D eigenvalue weighted by molar-refractivity contribution is 5.91. The predicted molar refractivity (Wildman–Crippen MR) is 104 cm³/mol. The number of rotatable bonds is 4. The Bertz CT molecular complexity index is 788. The largest absolute Gasteiger partial charge is 0.486 e. The van der Waals surface area contributed by atoms with Gasteiger partial charge in [-0.25, -0.2) is 0 Å². The van der Waals surface area contributed by atoms with Gasteiger partial charge in [0.25, 0.3) is 0 Å². The summed E-state index contributed by atoms with van der Waals surface area (Å²) in [4.78, 5) is 12.0. The lowest BCUT2D eigenvalue weighted by Gasteiger charge is -2.26. The highest BCUT2D eigenvalue weighted by Gasteiger charge is 2.20. The molecule has 0 fully saturated rings. The number of ether oxygens (including phenoxy) is 2. The van der Waals surface area contributed by atoms with Gasteiger partial charge in [0, 0.05) is 6.08 Å². The summed E-state index contributed by atoms with van der Waals surface area (Å²) in [6, 6.07) is 15.8. The molecule has 0 saturated carbocycles. The molecule has 2 aromatic carbocycles. The molecule has 0 spiro atoms. The highest BCUT2D eigenvalue weighted by atomic mass is 16.6. The van der Waals surface area contributed by atoms with E-state index in [4.69, 9.17) is 9.47 Å². The first-order valence-electron chi connectivity index (χ1n) is 8.87. The topological polar surface area (TPSA) is 47.6 Å². The Morgan fingerprint density at radius 1 is 1.12 bits per heavy atom. The summed E-state index contributed by atoms with van der Waals surface area (Å²) in [5.74, 6) is 1.31. The molecule has 1 unspecified atom stereocenters. The summed E-state index contributed by atoms with van der Waals surface area (Å²) < 4.78 is 11.5. The summed E-state index contributed by atoms with van der Waals surface area (Å²) in [6.45, 7) is 7.37. The molecule has 1 atom stereocenters. The van der Waals surface area contributed by atoms with Gasteiger partial charge in [-0.1, -0.05) is 57.2 Å². The Labute approximate surface area is 154 Å². The van der Waals surface area contributed by atoms with Crippen molar-refractivity contribution in [3.63, 3.8) is 0 Å². The molecule has 0 aliphatic carbocycles. The average molecular weight is 351 g/mol. The van der Waals surface area contributed by atoms with E-state index in [-0.39, 0.29) is 17.4 Å². The fourth-order valence-electron chi connectivity index (χ4n) is 2.70. The second kappa shape index (κ2) is 7.65. The molecular weight excluding hydrogens is 326 g/mol. The second-order valence-corrected chi connectivity index (χ2v) is 7.45. The van der Waals surface area contributed by atoms with Crippen LogP contribution in [0.25, 0.3) is 6.08 Å². The van der Waals surface area contributed by atoms with E-state index in [1.807, 2.05) is 42.5 Å². The van der Waals surface area contributed by atoms with Gasteiger partial charge in [-0.05, 0) is 34.8 Å². The fourth-order valence-corrected chi connectivity index (χ4v) is 2.70. The maximum Gasteiger partial charge on any atom is 0.244 e. The van der Waals surface area contributed by atoms with Crippen LogP contribution in [0.3, 0.4) is 0 Å². The van der Waals surface area contributed by atoms with E-state index < -0.39 is 0 Å². The van der Waals surface area contributed by atoms with Gasteiger partial charge in [-0.15, -0.1) is 0 Å². The second-order valence-electron chi connectivity index (χ2n) is 7.45. The molecule has 1 heterocycles. The van der Waals surface area contributed by atoms with Crippen molar-refractivity contribution in [1.82, 2.24) is 5.32 Å². The summed E-state index contributed by atoms with van der Waals surface area (Å²) in [5, 5.41) is 2.86. The minimum atomic E-state index is -0.187. The molecule has 26 heavy (non-hydrogen) atoms. The minimum Gasteiger partial charge on any atom is -0.486 e. The van der Waals surface area contributed by atoms with Gasteiger partial charge in [0.2, 0.25) is 5.91 Å². The van der Waals surface area contributed by atoms with Crippen LogP contribution in [0.5, 0.6) is 11.5 Å². The lowest BCUT2D eigenvalue weighted by molar-refractivity contribution is -0.116. The van der Waals surface area contributed by atoms with Gasteiger partial charge < -0.3 is 14.8 Å². The van der Waals surface area contributed by atoms with Crippen molar-refractivity contribution < 1.29 is 14.3 Å². The Morgan fingerprint density at radius 2 is 1.81 bits per heavy atom. The van der Waals surface area contributed by atoms with E-state index >= 15 is 0 Å². The van der Waals surface area contributed by atoms with Gasteiger partial charge >= 0.3 is 0 Å². The van der Waals surface area contributed by atoms with E-state index in [0.717, 1.165) is 11.3 Å². The third-order valence-corrected chi connectivity index (χ3v) is 4.28. The molecule has 2 aromatic rings. The van der Waals surface area contributed by atoms with Crippen LogP contribution in [0.2, 0.25) is 0 Å². The number of benzene rings is 2. The van der Waals surface area contributed by atoms with Gasteiger partial charge in [-0.2, -0.15) is 0 Å². The molecule has 136 valence electrons. The van der Waals surface area contributed by atoms with Crippen LogP contribution in [-0.4, -0.2) is 25.2 Å². The maximum absolute atomic E-state index is 12.0. The highest BCUT2D eigenvalue weighted by Crippen LogP contribution is 2.30. The van der Waals surface area contributed by atoms with Crippen LogP contribution in [-0.2, 0) is 10.2 Å². The van der Waals surface area contributed by atoms with Crippen LogP contribution in [0, 0.1) is 0 Å². The normalized spacial score (nSPS) is 16.5. The zero-order chi connectivity index (χ0) is 18.6. The van der Waals surface area contributed by atoms with Crippen molar-refractivity contribution in [2.45, 2.75) is 32.3 Å². The molecule has 3 rings (SSSR count). The summed E-state index contributed by atoms with van der Waals surface area (Å²) in [6.07, 6.45) is 3.17. The molecule has 1 N–H and O–H groups in total. The molecular formula is C22H25NO3. The monoisotopic (exact) mass is 351 g/mol. The molecule has 1 aliphatic heterocycles. The number of amides is 1. The van der Waals surface area contributed by atoms with Crippen molar-refractivity contribution in [3.05, 3.63) is 65.7 Å². The number of para-hydroxylation sites is 2. The van der Waals surface area contributed by atoms with Crippen LogP contribution in [0.4, 0.5) is 0 Å². The van der Waals surface area contributed by atoms with Gasteiger partial charge in [0.1, 0.15) is 12.7 Å². The maximum atomic E-state index is 12.0. The van der Waals surface area contributed by atoms with E-state index in [9.17, 15) is 4.79 Å². The SMILES string of the molecule is CC(C)(C)c1ccc(/C=C/C(=O)NCC2COc3ccccc3O2)cc1. The molecule has 1 amide bonds. The van der Waals surface area contributed by atoms with Crippen molar-refractivity contribution >= 4 is 12.0 Å². The van der Waals surface area contributed by atoms with Gasteiger partial charge in [0.15, 0.2) is 11.5 Å². The number of carbonyl (C=O) groups excluding carboxylic acids is 1. The number of hydrogen-bond acceptors (Lipinski definition) is 3. The first-order valence-corrected chi connectivity index (χ1v) is 8.87. The molecule has 0 saturated heterocycles. The average Bonchev–Trinajstić information content (AvgIpc) is 2.64. The fraction of sp³-hybridized carbons (Fsp3) is 0.318. The number of hydrogen-bond donors (Lipinski definition) is 1. The van der Waals surface area contributed by atoms with E-state index in [2.05, 4.69) is 38.2 Å². The van der Waals surface area contributed by atoms with Crippen LogP contribution in [0.15, 0.2) is 54.6 Å². The number of fused-ring (bicyclic) bond motifs is 1. The van der Waals surface area contributed by atoms with E-state index in [1.54, 1.807) is 6.08 Å². The van der Waals surface area contributed by atoms with Crippen molar-refractivity contribution in [2.75, 3.05) is 13.2 Å². The Balaban J connectivity index is 1.49. The quantitative estimate of drug-likeness (QED) is 0.849. The number of nitrogens with one attached hydrogen (secondary N) is 1. The van der Waals surface area contributed by atoms with Crippen molar-refractivity contribution in [1.29, 1.82) is 0 Å². The first kappa shape index (κ1) is 18.1. The Kier molecular flexibility index (Phi) is 5.31. The molecule has 1 aliphatic rings. The third-order valence-electron chi connectivity index (χ3n) is 4.28. The first-order chi connectivity index (χ1) is 12.4. The zero-order valence-electron chi connectivity index (χ0n) is 15.5. The summed E-state index contributed by atoms with van der Waals surface area (Å²) >= 11 is 0. The van der Waals surface area contributed by atoms with E-state index in [1.165, 1.54) is 5.56 Å². The van der Waals surface area contributed by atoms with Crippen LogP contribution < -0.4 is 14.8 Å². The lowest BCUT2D eigenvalue weighted by Crippen LogP contribution is -2.40. The molecule has 0 bridgehead atoms. The Hall–Kier alpha value is -2.75. The third kappa shape index (κ3) is 4.66. The van der Waals surface area contributed by atoms with E-state index in [0.29, 0.717) is 18.9 Å². The van der Waals surface area contributed by atoms with Gasteiger partial charge in [-0.3, -0.25) is 4.79 Å². The molecule has 0 radical (unpaired) electrons. The lowest BCUT2D eigenvalue weighted by atomic mass is 9.87. The van der Waals surface area contributed by atoms with Gasteiger partial charge in [0.05, 0.1) is 6.54 Å². The minimum absolute atomic E-state index is 0.125. The predicted octanol–water partition coefficient (Wildman–Crippen LogP) is 3.95. The molecule has 0 aromatic heterocycles. The number of carbonyl (C=O) groups is 1. The van der Waals surface area contributed by atoms with Crippen LogP contribution in [0.1, 0.15) is 31.9 Å². The van der Waals surface area contributed by atoms with Crippen LogP contribution >= 0.6 is 0 Å². The van der Waals surface area contributed by atoms with Crippen molar-refractivity contribution in [2.24, 2.45) is 0 Å². The smallest absolute Gasteiger partial charge is 0.244 e. The molecule has 4 nitrogen and oxygen atoms in total. The summed E-state index contributed by atoms with van der Waals surface area (Å²) in [7, 11) is 0. The van der Waals surface area contributed by atoms with Crippen molar-refractivity contribution in [3.8, 4) is 11.5 Å². The molecule has 4 heteroatoms.